The average Bonchev–Trinajstić information content (AvgIpc) is 3.19. The minimum atomic E-state index is -3.88. The summed E-state index contributed by atoms with van der Waals surface area (Å²) in [6.07, 6.45) is 1.64. The lowest BCUT2D eigenvalue weighted by Gasteiger charge is -2.11. The van der Waals surface area contributed by atoms with E-state index in [0.29, 0.717) is 35.1 Å². The lowest BCUT2D eigenvalue weighted by atomic mass is 10.1. The van der Waals surface area contributed by atoms with Gasteiger partial charge in [-0.1, -0.05) is 23.7 Å². The van der Waals surface area contributed by atoms with Crippen molar-refractivity contribution >= 4 is 43.9 Å². The molecule has 0 radical (unpaired) electrons. The number of rotatable bonds is 8. The van der Waals surface area contributed by atoms with E-state index in [1.165, 1.54) is 24.3 Å². The molecule has 2 aromatic heterocycles. The van der Waals surface area contributed by atoms with Crippen LogP contribution in [0.25, 0.3) is 10.9 Å². The molecule has 0 amide bonds. The molecule has 172 valence electrons. The zero-order valence-electron chi connectivity index (χ0n) is 18.3. The topological polar surface area (TPSA) is 94.5 Å². The van der Waals surface area contributed by atoms with Gasteiger partial charge in [0.05, 0.1) is 30.3 Å². The molecule has 2 aromatic carbocycles. The summed E-state index contributed by atoms with van der Waals surface area (Å²) < 4.78 is 38.7. The number of aromatic nitrogens is 2. The van der Waals surface area contributed by atoms with Crippen molar-refractivity contribution in [2.75, 3.05) is 26.6 Å². The Kier molecular flexibility index (Phi) is 6.46. The van der Waals surface area contributed by atoms with Crippen LogP contribution < -0.4 is 20.1 Å². The van der Waals surface area contributed by atoms with Crippen LogP contribution in [-0.4, -0.2) is 38.6 Å². The van der Waals surface area contributed by atoms with Crippen molar-refractivity contribution in [3.05, 3.63) is 71.5 Å². The first-order valence-corrected chi connectivity index (χ1v) is 11.8. The molecule has 8 nitrogen and oxygen atoms in total. The predicted octanol–water partition coefficient (Wildman–Crippen LogP) is 4.41. The van der Waals surface area contributed by atoms with Gasteiger partial charge in [0.25, 0.3) is 10.0 Å². The maximum absolute atomic E-state index is 13.5. The number of halogens is 1. The quantitative estimate of drug-likeness (QED) is 0.356. The number of nitrogens with zero attached hydrogens (tertiary/aromatic N) is 2. The smallest absolute Gasteiger partial charge is 0.268 e. The summed E-state index contributed by atoms with van der Waals surface area (Å²) in [7, 11) is 0.950. The van der Waals surface area contributed by atoms with Crippen molar-refractivity contribution in [3.63, 3.8) is 0 Å². The summed E-state index contributed by atoms with van der Waals surface area (Å²) in [5.74, 6) is 0.864. The molecule has 0 aliphatic heterocycles. The van der Waals surface area contributed by atoms with Gasteiger partial charge < -0.3 is 20.1 Å². The summed E-state index contributed by atoms with van der Waals surface area (Å²) >= 11 is 6.26. The minimum absolute atomic E-state index is 0.135. The molecular formula is C23H23ClN4O4S. The van der Waals surface area contributed by atoms with E-state index in [9.17, 15) is 8.42 Å². The summed E-state index contributed by atoms with van der Waals surface area (Å²) in [4.78, 5) is 4.29. The second-order valence-electron chi connectivity index (χ2n) is 7.21. The minimum Gasteiger partial charge on any atom is -0.497 e. The molecule has 4 aromatic rings. The van der Waals surface area contributed by atoms with Gasteiger partial charge in [-0.25, -0.2) is 12.4 Å². The van der Waals surface area contributed by atoms with Crippen LogP contribution in [0.15, 0.2) is 65.7 Å². The van der Waals surface area contributed by atoms with E-state index in [0.717, 1.165) is 10.9 Å². The van der Waals surface area contributed by atoms with E-state index < -0.39 is 10.0 Å². The Hall–Kier alpha value is -3.27. The Balaban J connectivity index is 1.82. The van der Waals surface area contributed by atoms with Gasteiger partial charge in [-0.3, -0.25) is 0 Å². The molecule has 0 saturated heterocycles. The fraction of sp³-hybridized carbons (Fsp3) is 0.174. The fourth-order valence-corrected chi connectivity index (χ4v) is 5.14. The van der Waals surface area contributed by atoms with Crippen molar-refractivity contribution in [2.24, 2.45) is 0 Å². The Morgan fingerprint density at radius 1 is 1.06 bits per heavy atom. The van der Waals surface area contributed by atoms with Gasteiger partial charge in [0.15, 0.2) is 5.15 Å². The van der Waals surface area contributed by atoms with Gasteiger partial charge in [-0.15, -0.1) is 0 Å². The van der Waals surface area contributed by atoms with Gasteiger partial charge in [0.1, 0.15) is 5.75 Å². The van der Waals surface area contributed by atoms with Crippen molar-refractivity contribution < 1.29 is 17.9 Å². The SMILES string of the molecule is CNCc1cn(S(=O)(=O)c2cccc(OC)c2)c2cc(Nc3ccc(OC)nc3Cl)ccc12. The lowest BCUT2D eigenvalue weighted by molar-refractivity contribution is 0.398. The normalized spacial score (nSPS) is 11.5. The van der Waals surface area contributed by atoms with E-state index in [1.807, 2.05) is 19.2 Å². The first-order chi connectivity index (χ1) is 15.9. The van der Waals surface area contributed by atoms with Gasteiger partial charge >= 0.3 is 0 Å². The Morgan fingerprint density at radius 3 is 2.58 bits per heavy atom. The van der Waals surface area contributed by atoms with Crippen LogP contribution in [0.3, 0.4) is 0 Å². The third-order valence-electron chi connectivity index (χ3n) is 5.13. The molecule has 2 N–H and O–H groups in total. The number of nitrogens with one attached hydrogen (secondary N) is 2. The van der Waals surface area contributed by atoms with Crippen molar-refractivity contribution in [3.8, 4) is 11.6 Å². The lowest BCUT2D eigenvalue weighted by Crippen LogP contribution is -2.12. The highest BCUT2D eigenvalue weighted by atomic mass is 35.5. The van der Waals surface area contributed by atoms with Gasteiger partial charge in [-0.2, -0.15) is 4.98 Å². The first-order valence-electron chi connectivity index (χ1n) is 10.0. The van der Waals surface area contributed by atoms with Crippen LogP contribution >= 0.6 is 11.6 Å². The third-order valence-corrected chi connectivity index (χ3v) is 7.09. The van der Waals surface area contributed by atoms with Crippen molar-refractivity contribution in [1.29, 1.82) is 0 Å². The maximum Gasteiger partial charge on any atom is 0.268 e. The van der Waals surface area contributed by atoms with Crippen molar-refractivity contribution in [1.82, 2.24) is 14.3 Å². The molecule has 0 spiro atoms. The summed E-state index contributed by atoms with van der Waals surface area (Å²) in [6.45, 7) is 0.512. The molecule has 0 fully saturated rings. The largest absolute Gasteiger partial charge is 0.497 e. The van der Waals surface area contributed by atoms with Crippen LogP contribution in [0.4, 0.5) is 11.4 Å². The fourth-order valence-electron chi connectivity index (χ4n) is 3.53. The van der Waals surface area contributed by atoms with E-state index in [2.05, 4.69) is 15.6 Å². The molecule has 4 rings (SSSR count). The molecule has 0 unspecified atom stereocenters. The van der Waals surface area contributed by atoms with Crippen molar-refractivity contribution in [2.45, 2.75) is 11.4 Å². The molecule has 0 bridgehead atoms. The van der Waals surface area contributed by atoms with Gasteiger partial charge in [-0.05, 0) is 42.9 Å². The van der Waals surface area contributed by atoms with E-state index >= 15 is 0 Å². The van der Waals surface area contributed by atoms with Crippen LogP contribution in [0.2, 0.25) is 5.15 Å². The number of methoxy groups -OCH3 is 2. The summed E-state index contributed by atoms with van der Waals surface area (Å²) in [5, 5.41) is 7.35. The van der Waals surface area contributed by atoms with Crippen LogP contribution in [0.1, 0.15) is 5.56 Å². The highest BCUT2D eigenvalue weighted by Crippen LogP contribution is 2.32. The number of anilines is 2. The number of hydrogen-bond acceptors (Lipinski definition) is 7. The Morgan fingerprint density at radius 2 is 1.88 bits per heavy atom. The van der Waals surface area contributed by atoms with E-state index in [1.54, 1.807) is 42.6 Å². The summed E-state index contributed by atoms with van der Waals surface area (Å²) in [5.41, 5.74) is 2.62. The molecule has 33 heavy (non-hydrogen) atoms. The predicted molar refractivity (Wildman–Crippen MR) is 129 cm³/mol. The molecular weight excluding hydrogens is 464 g/mol. The Bertz CT molecular complexity index is 1420. The van der Waals surface area contributed by atoms with Gasteiger partial charge in [0.2, 0.25) is 5.88 Å². The van der Waals surface area contributed by atoms with Crippen LogP contribution in [0, 0.1) is 0 Å². The molecule has 2 heterocycles. The standard InChI is InChI=1S/C23H23ClN4O4S/c1-25-13-15-14-28(33(29,30)18-6-4-5-17(12-18)31-2)21-11-16(7-8-19(15)21)26-20-9-10-22(32-3)27-23(20)24/h4-12,14,25-26H,13H2,1-3H3. The zero-order valence-corrected chi connectivity index (χ0v) is 19.9. The van der Waals surface area contributed by atoms with E-state index in [-0.39, 0.29) is 10.0 Å². The second kappa shape index (κ2) is 9.30. The van der Waals surface area contributed by atoms with Gasteiger partial charge in [0, 0.05) is 35.9 Å². The van der Waals surface area contributed by atoms with Crippen LogP contribution in [0.5, 0.6) is 11.6 Å². The zero-order chi connectivity index (χ0) is 23.6. The van der Waals surface area contributed by atoms with E-state index in [4.69, 9.17) is 21.1 Å². The highest BCUT2D eigenvalue weighted by molar-refractivity contribution is 7.90. The molecule has 0 aliphatic rings. The Labute approximate surface area is 197 Å². The molecule has 10 heteroatoms. The maximum atomic E-state index is 13.5. The first kappa shape index (κ1) is 22.9. The molecule has 0 aliphatic carbocycles. The molecule has 0 saturated carbocycles. The summed E-state index contributed by atoms with van der Waals surface area (Å²) in [6, 6.07) is 15.4. The number of pyridine rings is 1. The third kappa shape index (κ3) is 4.47. The number of fused-ring (bicyclic) bond motifs is 1. The highest BCUT2D eigenvalue weighted by Gasteiger charge is 2.22. The second-order valence-corrected chi connectivity index (χ2v) is 9.39. The number of hydrogen-bond donors (Lipinski definition) is 2. The number of benzene rings is 2. The van der Waals surface area contributed by atoms with Crippen LogP contribution in [-0.2, 0) is 16.6 Å². The number of ether oxygens (including phenoxy) is 2. The monoisotopic (exact) mass is 486 g/mol. The average molecular weight is 487 g/mol. The molecule has 0 atom stereocenters.